The third-order valence-electron chi connectivity index (χ3n) is 4.22. The molecule has 21 heavy (non-hydrogen) atoms. The number of hydrogen-bond acceptors (Lipinski definition) is 4. The van der Waals surface area contributed by atoms with Gasteiger partial charge in [0, 0.05) is 12.5 Å². The molecule has 114 valence electrons. The van der Waals surface area contributed by atoms with Gasteiger partial charge in [-0.1, -0.05) is 25.4 Å². The van der Waals surface area contributed by atoms with Gasteiger partial charge in [-0.05, 0) is 19.3 Å². The van der Waals surface area contributed by atoms with Crippen molar-refractivity contribution >= 4 is 17.5 Å². The van der Waals surface area contributed by atoms with Crippen LogP contribution in [0.1, 0.15) is 55.3 Å². The standard InChI is InChI=1S/C15H20ClN3O2/c1-9(2)14-17-8-10(16)13(18-14)15(20)19-6-7-21-12-5-3-4-11(12)19/h8-9,11-12H,3-7H2,1-2H3/t11-,12-/m0/s1. The average Bonchev–Trinajstić information content (AvgIpc) is 2.95. The Morgan fingerprint density at radius 1 is 1.48 bits per heavy atom. The summed E-state index contributed by atoms with van der Waals surface area (Å²) in [5.41, 5.74) is 0.322. The van der Waals surface area contributed by atoms with Crippen LogP contribution in [0.5, 0.6) is 0 Å². The zero-order valence-corrected chi connectivity index (χ0v) is 13.1. The summed E-state index contributed by atoms with van der Waals surface area (Å²) in [7, 11) is 0. The molecule has 1 aromatic heterocycles. The van der Waals surface area contributed by atoms with E-state index in [1.165, 1.54) is 6.20 Å². The molecule has 0 radical (unpaired) electrons. The maximum absolute atomic E-state index is 12.8. The first-order chi connectivity index (χ1) is 10.1. The van der Waals surface area contributed by atoms with Gasteiger partial charge in [0.25, 0.3) is 5.91 Å². The number of carbonyl (C=O) groups excluding carboxylic acids is 1. The number of nitrogens with zero attached hydrogens (tertiary/aromatic N) is 3. The number of morpholine rings is 1. The fourth-order valence-corrected chi connectivity index (χ4v) is 3.29. The molecule has 0 N–H and O–H groups in total. The van der Waals surface area contributed by atoms with Crippen LogP contribution in [0, 0.1) is 0 Å². The molecule has 3 rings (SSSR count). The number of halogens is 1. The fourth-order valence-electron chi connectivity index (χ4n) is 3.12. The number of carbonyl (C=O) groups is 1. The van der Waals surface area contributed by atoms with E-state index in [4.69, 9.17) is 16.3 Å². The highest BCUT2D eigenvalue weighted by Crippen LogP contribution is 2.31. The van der Waals surface area contributed by atoms with Crippen LogP contribution < -0.4 is 0 Å². The molecule has 1 amide bonds. The normalized spacial score (nSPS) is 25.2. The molecule has 6 heteroatoms. The smallest absolute Gasteiger partial charge is 0.274 e. The van der Waals surface area contributed by atoms with Gasteiger partial charge in [-0.2, -0.15) is 0 Å². The van der Waals surface area contributed by atoms with Crippen molar-refractivity contribution in [2.75, 3.05) is 13.2 Å². The number of ether oxygens (including phenoxy) is 1. The quantitative estimate of drug-likeness (QED) is 0.843. The molecule has 1 aromatic rings. The molecular weight excluding hydrogens is 290 g/mol. The van der Waals surface area contributed by atoms with Crippen LogP contribution in [0.3, 0.4) is 0 Å². The van der Waals surface area contributed by atoms with Crippen molar-refractivity contribution in [2.45, 2.75) is 51.2 Å². The van der Waals surface area contributed by atoms with Crippen LogP contribution in [0.25, 0.3) is 0 Å². The summed E-state index contributed by atoms with van der Waals surface area (Å²) < 4.78 is 5.75. The minimum atomic E-state index is -0.0931. The lowest BCUT2D eigenvalue weighted by Gasteiger charge is -2.37. The van der Waals surface area contributed by atoms with E-state index in [0.717, 1.165) is 19.3 Å². The largest absolute Gasteiger partial charge is 0.374 e. The van der Waals surface area contributed by atoms with E-state index >= 15 is 0 Å². The van der Waals surface area contributed by atoms with Crippen LogP contribution in [-0.4, -0.2) is 46.1 Å². The molecule has 1 saturated heterocycles. The van der Waals surface area contributed by atoms with Crippen molar-refractivity contribution in [3.05, 3.63) is 22.7 Å². The van der Waals surface area contributed by atoms with Gasteiger partial charge in [-0.25, -0.2) is 9.97 Å². The number of aromatic nitrogens is 2. The highest BCUT2D eigenvalue weighted by atomic mass is 35.5. The average molecular weight is 310 g/mol. The summed E-state index contributed by atoms with van der Waals surface area (Å²) in [4.78, 5) is 23.3. The Hall–Kier alpha value is -1.20. The topological polar surface area (TPSA) is 55.3 Å². The van der Waals surface area contributed by atoms with Gasteiger partial charge in [0.05, 0.1) is 30.0 Å². The van der Waals surface area contributed by atoms with E-state index in [0.29, 0.717) is 29.7 Å². The molecule has 1 saturated carbocycles. The van der Waals surface area contributed by atoms with E-state index in [9.17, 15) is 4.79 Å². The first-order valence-electron chi connectivity index (χ1n) is 7.53. The van der Waals surface area contributed by atoms with E-state index in [2.05, 4.69) is 9.97 Å². The third kappa shape index (κ3) is 2.77. The van der Waals surface area contributed by atoms with Gasteiger partial charge in [-0.3, -0.25) is 4.79 Å². The Labute approximate surface area is 129 Å². The zero-order valence-electron chi connectivity index (χ0n) is 12.4. The minimum absolute atomic E-state index is 0.0931. The van der Waals surface area contributed by atoms with E-state index < -0.39 is 0 Å². The molecule has 0 spiro atoms. The van der Waals surface area contributed by atoms with Crippen LogP contribution >= 0.6 is 11.6 Å². The van der Waals surface area contributed by atoms with Gasteiger partial charge < -0.3 is 9.64 Å². The summed E-state index contributed by atoms with van der Waals surface area (Å²) in [5, 5.41) is 0.324. The van der Waals surface area contributed by atoms with Gasteiger partial charge in [0.1, 0.15) is 5.82 Å². The summed E-state index contributed by atoms with van der Waals surface area (Å²) in [5.74, 6) is 0.723. The second-order valence-electron chi connectivity index (χ2n) is 5.99. The van der Waals surface area contributed by atoms with Gasteiger partial charge in [0.2, 0.25) is 0 Å². The molecule has 2 atom stereocenters. The Morgan fingerprint density at radius 2 is 2.29 bits per heavy atom. The lowest BCUT2D eigenvalue weighted by Crippen LogP contribution is -2.51. The Balaban J connectivity index is 1.89. The van der Waals surface area contributed by atoms with E-state index in [1.54, 1.807) is 0 Å². The van der Waals surface area contributed by atoms with E-state index in [1.807, 2.05) is 18.7 Å². The monoisotopic (exact) mass is 309 g/mol. The van der Waals surface area contributed by atoms with Gasteiger partial charge in [0.15, 0.2) is 5.69 Å². The number of amides is 1. The second-order valence-corrected chi connectivity index (χ2v) is 6.39. The molecule has 5 nitrogen and oxygen atoms in total. The zero-order chi connectivity index (χ0) is 15.0. The molecule has 2 heterocycles. The number of fused-ring (bicyclic) bond motifs is 1. The third-order valence-corrected chi connectivity index (χ3v) is 4.50. The molecule has 1 aliphatic heterocycles. The van der Waals surface area contributed by atoms with Crippen molar-refractivity contribution in [3.8, 4) is 0 Å². The van der Waals surface area contributed by atoms with Crippen molar-refractivity contribution < 1.29 is 9.53 Å². The first kappa shape index (κ1) is 14.7. The summed E-state index contributed by atoms with van der Waals surface area (Å²) >= 11 is 6.15. The SMILES string of the molecule is CC(C)c1ncc(Cl)c(C(=O)N2CCO[C@H]3CCC[C@@H]32)n1. The van der Waals surface area contributed by atoms with Crippen LogP contribution in [-0.2, 0) is 4.74 Å². The summed E-state index contributed by atoms with van der Waals surface area (Å²) in [6.45, 7) is 5.20. The van der Waals surface area contributed by atoms with Crippen LogP contribution in [0.4, 0.5) is 0 Å². The maximum atomic E-state index is 12.8. The second kappa shape index (κ2) is 5.89. The lowest BCUT2D eigenvalue weighted by atomic mass is 10.1. The molecule has 2 fully saturated rings. The molecule has 2 aliphatic rings. The predicted octanol–water partition coefficient (Wildman–Crippen LogP) is 2.65. The minimum Gasteiger partial charge on any atom is -0.374 e. The molecule has 0 aromatic carbocycles. The Morgan fingerprint density at radius 3 is 3.05 bits per heavy atom. The van der Waals surface area contributed by atoms with Gasteiger partial charge >= 0.3 is 0 Å². The summed E-state index contributed by atoms with van der Waals surface area (Å²) in [6.07, 6.45) is 4.84. The summed E-state index contributed by atoms with van der Waals surface area (Å²) in [6, 6.07) is 0.166. The fraction of sp³-hybridized carbons (Fsp3) is 0.667. The van der Waals surface area contributed by atoms with Gasteiger partial charge in [-0.15, -0.1) is 0 Å². The predicted molar refractivity (Wildman–Crippen MR) is 79.5 cm³/mol. The van der Waals surface area contributed by atoms with Crippen LogP contribution in [0.2, 0.25) is 5.02 Å². The number of rotatable bonds is 2. The molecule has 0 bridgehead atoms. The lowest BCUT2D eigenvalue weighted by molar-refractivity contribution is -0.0447. The van der Waals surface area contributed by atoms with Crippen LogP contribution in [0.15, 0.2) is 6.20 Å². The van der Waals surface area contributed by atoms with Crippen molar-refractivity contribution in [1.29, 1.82) is 0 Å². The van der Waals surface area contributed by atoms with Crippen molar-refractivity contribution in [1.82, 2.24) is 14.9 Å². The van der Waals surface area contributed by atoms with E-state index in [-0.39, 0.29) is 24.0 Å². The molecular formula is C15H20ClN3O2. The first-order valence-corrected chi connectivity index (χ1v) is 7.90. The Bertz CT molecular complexity index is 550. The molecule has 0 unspecified atom stereocenters. The highest BCUT2D eigenvalue weighted by Gasteiger charge is 2.39. The number of hydrogen-bond donors (Lipinski definition) is 0. The highest BCUT2D eigenvalue weighted by molar-refractivity contribution is 6.33. The molecule has 1 aliphatic carbocycles. The maximum Gasteiger partial charge on any atom is 0.274 e. The van der Waals surface area contributed by atoms with Crippen molar-refractivity contribution in [3.63, 3.8) is 0 Å². The van der Waals surface area contributed by atoms with Crippen molar-refractivity contribution in [2.24, 2.45) is 0 Å². The Kier molecular flexibility index (Phi) is 4.13.